The lowest BCUT2D eigenvalue weighted by molar-refractivity contribution is -0.144. The summed E-state index contributed by atoms with van der Waals surface area (Å²) in [6.45, 7) is 4.59. The highest BCUT2D eigenvalue weighted by Gasteiger charge is 2.69. The zero-order chi connectivity index (χ0) is 29.5. The van der Waals surface area contributed by atoms with Gasteiger partial charge in [-0.2, -0.15) is 5.26 Å². The predicted molar refractivity (Wildman–Crippen MR) is 137 cm³/mol. The monoisotopic (exact) mass is 574 g/mol. The fourth-order valence-corrected chi connectivity index (χ4v) is 6.21. The van der Waals surface area contributed by atoms with E-state index >= 15 is 0 Å². The molecule has 1 aromatic heterocycles. The molecule has 7 atom stereocenters. The molecule has 1 saturated carbocycles. The van der Waals surface area contributed by atoms with E-state index in [9.17, 15) is 33.2 Å². The van der Waals surface area contributed by atoms with Gasteiger partial charge >= 0.3 is 0 Å². The Labute approximate surface area is 235 Å². The number of fused-ring (bicyclic) bond motifs is 2. The van der Waals surface area contributed by atoms with Gasteiger partial charge in [0.1, 0.15) is 29.6 Å². The number of piperidine rings is 1. The molecule has 220 valence electrons. The second kappa shape index (κ2) is 11.2. The van der Waals surface area contributed by atoms with Gasteiger partial charge in [-0.05, 0) is 23.7 Å². The molecule has 5 rings (SSSR count). The molecule has 0 aromatic carbocycles. The maximum absolute atomic E-state index is 13.6. The maximum atomic E-state index is 13.6. The summed E-state index contributed by atoms with van der Waals surface area (Å²) in [5.74, 6) is -2.91. The molecule has 0 radical (unpaired) electrons. The molecule has 4 amide bonds. The van der Waals surface area contributed by atoms with Gasteiger partial charge in [-0.15, -0.1) is 0 Å². The number of carbonyl (C=O) groups excluding carboxylic acids is 4. The van der Waals surface area contributed by atoms with E-state index in [0.717, 1.165) is 0 Å². The van der Waals surface area contributed by atoms with Crippen LogP contribution in [0.3, 0.4) is 0 Å². The van der Waals surface area contributed by atoms with E-state index in [4.69, 9.17) is 9.47 Å². The molecule has 0 unspecified atom stereocenters. The SMILES string of the molecule is CC1(C)[C@@H]2[C@@H](C(=O)N[C@H](C#N)C[C@@H]3Oc4ccncc4NC3=O)N(C(=O)[C@H](CC(F)F)NC(=O)[C@@H]3CCOC3)C[C@@H]21. The first kappa shape index (κ1) is 28.7. The second-order valence-corrected chi connectivity index (χ2v) is 11.5. The van der Waals surface area contributed by atoms with Gasteiger partial charge in [-0.25, -0.2) is 8.78 Å². The standard InChI is InChI=1S/C27H32F2N6O6/c1-27(2)15-11-35(26(39)16(8-20(28)29)33-23(36)13-4-6-40-12-13)22(21(15)27)25(38)32-14(9-30)7-19-24(37)34-17-10-31-5-3-18(17)41-19/h3,5,10,13-16,19-22H,4,6-8,11-12H2,1-2H3,(H,32,38)(H,33,36)(H,34,37)/t13-,14+,15+,16+,19+,21+,22+/m1/s1. The van der Waals surface area contributed by atoms with E-state index in [1.165, 1.54) is 17.3 Å². The van der Waals surface area contributed by atoms with E-state index in [0.29, 0.717) is 24.5 Å². The number of anilines is 1. The van der Waals surface area contributed by atoms with Crippen LogP contribution in [0.5, 0.6) is 5.75 Å². The summed E-state index contributed by atoms with van der Waals surface area (Å²) in [5, 5.41) is 17.5. The fourth-order valence-electron chi connectivity index (χ4n) is 6.21. The molecule has 3 aliphatic heterocycles. The van der Waals surface area contributed by atoms with Crippen molar-refractivity contribution in [3.63, 3.8) is 0 Å². The second-order valence-electron chi connectivity index (χ2n) is 11.5. The first-order valence-corrected chi connectivity index (χ1v) is 13.6. The average Bonchev–Trinajstić information content (AvgIpc) is 3.38. The molecular weight excluding hydrogens is 542 g/mol. The van der Waals surface area contributed by atoms with Crippen LogP contribution < -0.4 is 20.7 Å². The molecule has 1 aliphatic carbocycles. The van der Waals surface area contributed by atoms with Gasteiger partial charge in [0, 0.05) is 38.3 Å². The zero-order valence-electron chi connectivity index (χ0n) is 22.6. The summed E-state index contributed by atoms with van der Waals surface area (Å²) in [6, 6.07) is -0.149. The number of carbonyl (C=O) groups is 4. The predicted octanol–water partition coefficient (Wildman–Crippen LogP) is 0.839. The normalized spacial score (nSPS) is 28.8. The number of nitrogens with one attached hydrogen (secondary N) is 3. The van der Waals surface area contributed by atoms with Crippen LogP contribution >= 0.6 is 0 Å². The van der Waals surface area contributed by atoms with E-state index in [-0.39, 0.29) is 36.8 Å². The van der Waals surface area contributed by atoms with Gasteiger partial charge in [0.2, 0.25) is 24.1 Å². The summed E-state index contributed by atoms with van der Waals surface area (Å²) in [7, 11) is 0. The minimum Gasteiger partial charge on any atom is -0.478 e. The molecule has 3 N–H and O–H groups in total. The highest BCUT2D eigenvalue weighted by Crippen LogP contribution is 2.65. The van der Waals surface area contributed by atoms with Gasteiger partial charge < -0.3 is 30.3 Å². The highest BCUT2D eigenvalue weighted by molar-refractivity contribution is 5.98. The lowest BCUT2D eigenvalue weighted by atomic mass is 9.98. The Bertz CT molecular complexity index is 1260. The molecule has 3 fully saturated rings. The van der Waals surface area contributed by atoms with Crippen molar-refractivity contribution in [3.05, 3.63) is 18.5 Å². The van der Waals surface area contributed by atoms with Gasteiger partial charge in [0.25, 0.3) is 5.91 Å². The Hall–Kier alpha value is -3.86. The molecule has 0 spiro atoms. The van der Waals surface area contributed by atoms with E-state index in [1.54, 1.807) is 6.07 Å². The minimum atomic E-state index is -2.87. The molecule has 4 heterocycles. The van der Waals surface area contributed by atoms with Gasteiger partial charge in [0.05, 0.1) is 24.8 Å². The van der Waals surface area contributed by atoms with Crippen molar-refractivity contribution in [3.8, 4) is 11.8 Å². The van der Waals surface area contributed by atoms with Crippen molar-refractivity contribution in [1.29, 1.82) is 5.26 Å². The van der Waals surface area contributed by atoms with Gasteiger partial charge in [-0.3, -0.25) is 24.2 Å². The number of nitrogens with zero attached hydrogens (tertiary/aromatic N) is 3. The number of amides is 4. The summed E-state index contributed by atoms with van der Waals surface area (Å²) in [6.07, 6.45) is -1.65. The number of halogens is 2. The number of hydrogen-bond donors (Lipinski definition) is 3. The number of aromatic nitrogens is 1. The summed E-state index contributed by atoms with van der Waals surface area (Å²) in [4.78, 5) is 57.5. The van der Waals surface area contributed by atoms with Crippen LogP contribution in [0.1, 0.15) is 33.1 Å². The van der Waals surface area contributed by atoms with Crippen LogP contribution in [-0.2, 0) is 23.9 Å². The summed E-state index contributed by atoms with van der Waals surface area (Å²) >= 11 is 0. The molecule has 1 aromatic rings. The van der Waals surface area contributed by atoms with Crippen LogP contribution in [0.15, 0.2) is 18.5 Å². The van der Waals surface area contributed by atoms with Crippen molar-refractivity contribution < 1.29 is 37.4 Å². The zero-order valence-corrected chi connectivity index (χ0v) is 22.6. The van der Waals surface area contributed by atoms with Crippen LogP contribution in [0.4, 0.5) is 14.5 Å². The number of likely N-dealkylation sites (tertiary alicyclic amines) is 1. The summed E-state index contributed by atoms with van der Waals surface area (Å²) in [5.41, 5.74) is 0.104. The Morgan fingerprint density at radius 1 is 1.29 bits per heavy atom. The smallest absolute Gasteiger partial charge is 0.265 e. The van der Waals surface area contributed by atoms with Crippen molar-refractivity contribution >= 4 is 29.3 Å². The lowest BCUT2D eigenvalue weighted by Gasteiger charge is -2.34. The molecule has 14 heteroatoms. The highest BCUT2D eigenvalue weighted by atomic mass is 19.3. The maximum Gasteiger partial charge on any atom is 0.265 e. The Kier molecular flexibility index (Phi) is 7.83. The number of nitriles is 1. The lowest BCUT2D eigenvalue weighted by Crippen LogP contribution is -2.57. The van der Waals surface area contributed by atoms with E-state index in [2.05, 4.69) is 20.9 Å². The fraction of sp³-hybridized carbons (Fsp3) is 0.630. The topological polar surface area (TPSA) is 163 Å². The first-order valence-electron chi connectivity index (χ1n) is 13.6. The number of hydrogen-bond acceptors (Lipinski definition) is 8. The number of rotatable bonds is 9. The van der Waals surface area contributed by atoms with E-state index < -0.39 is 66.6 Å². The average molecular weight is 575 g/mol. The van der Waals surface area contributed by atoms with Crippen molar-refractivity contribution in [2.24, 2.45) is 23.2 Å². The summed E-state index contributed by atoms with van der Waals surface area (Å²) < 4.78 is 37.9. The third-order valence-electron chi connectivity index (χ3n) is 8.61. The van der Waals surface area contributed by atoms with E-state index in [1.807, 2.05) is 19.9 Å². The van der Waals surface area contributed by atoms with Gasteiger partial charge in [0.15, 0.2) is 6.10 Å². The molecule has 2 saturated heterocycles. The third kappa shape index (κ3) is 5.68. The third-order valence-corrected chi connectivity index (χ3v) is 8.61. The number of alkyl halides is 2. The molecule has 12 nitrogen and oxygen atoms in total. The Morgan fingerprint density at radius 3 is 2.76 bits per heavy atom. The largest absolute Gasteiger partial charge is 0.478 e. The van der Waals surface area contributed by atoms with Crippen LogP contribution in [0.2, 0.25) is 0 Å². The number of pyridine rings is 1. The van der Waals surface area contributed by atoms with Crippen LogP contribution in [0, 0.1) is 34.5 Å². The Balaban J connectivity index is 1.29. The molecule has 41 heavy (non-hydrogen) atoms. The van der Waals surface area contributed by atoms with Crippen LogP contribution in [0.25, 0.3) is 0 Å². The van der Waals surface area contributed by atoms with Crippen LogP contribution in [-0.4, -0.2) is 83.9 Å². The van der Waals surface area contributed by atoms with Crippen molar-refractivity contribution in [1.82, 2.24) is 20.5 Å². The van der Waals surface area contributed by atoms with Crippen molar-refractivity contribution in [2.45, 2.75) is 63.8 Å². The molecule has 0 bridgehead atoms. The van der Waals surface area contributed by atoms with Gasteiger partial charge in [-0.1, -0.05) is 13.8 Å². The Morgan fingerprint density at radius 2 is 2.07 bits per heavy atom. The minimum absolute atomic E-state index is 0.0496. The quantitative estimate of drug-likeness (QED) is 0.391. The number of ether oxygens (including phenoxy) is 2. The first-order chi connectivity index (χ1) is 19.5. The molecule has 4 aliphatic rings. The van der Waals surface area contributed by atoms with Crippen molar-refractivity contribution in [2.75, 3.05) is 25.1 Å². The molecular formula is C27H32F2N6O6.